The first kappa shape index (κ1) is 17.5. The highest BCUT2D eigenvalue weighted by Crippen LogP contribution is 2.23. The Morgan fingerprint density at radius 1 is 1.08 bits per heavy atom. The molecular formula is C19H21NO4. The molecule has 0 spiro atoms. The molecule has 0 saturated carbocycles. The highest BCUT2D eigenvalue weighted by molar-refractivity contribution is 5.96. The van der Waals surface area contributed by atoms with E-state index in [4.69, 9.17) is 9.47 Å². The predicted molar refractivity (Wildman–Crippen MR) is 92.4 cm³/mol. The largest absolute Gasteiger partial charge is 0.492 e. The summed E-state index contributed by atoms with van der Waals surface area (Å²) in [7, 11) is 0. The number of hydrogen-bond acceptors (Lipinski definition) is 4. The Morgan fingerprint density at radius 3 is 2.54 bits per heavy atom. The highest BCUT2D eigenvalue weighted by Gasteiger charge is 2.13. The van der Waals surface area contributed by atoms with Gasteiger partial charge in [-0.3, -0.25) is 4.79 Å². The molecule has 5 heteroatoms. The number of amides is 1. The lowest BCUT2D eigenvalue weighted by Gasteiger charge is -2.12. The molecule has 0 saturated heterocycles. The van der Waals surface area contributed by atoms with Gasteiger partial charge < -0.3 is 14.8 Å². The first-order valence-corrected chi connectivity index (χ1v) is 7.77. The maximum atomic E-state index is 12.1. The Balaban J connectivity index is 1.95. The number of carbonyl (C=O) groups is 2. The zero-order valence-electron chi connectivity index (χ0n) is 14.1. The summed E-state index contributed by atoms with van der Waals surface area (Å²) in [5.41, 5.74) is 2.89. The number of carbonyl (C=O) groups excluding carboxylic acids is 2. The standard InChI is InChI=1S/C19H21NO4/c1-4-23-17-8-6-5-7-16(17)20-18(21)12-24-19(22)15-10-9-13(2)11-14(15)3/h5-11H,4,12H2,1-3H3,(H,20,21). The van der Waals surface area contributed by atoms with E-state index in [9.17, 15) is 9.59 Å². The molecule has 2 rings (SSSR count). The Hall–Kier alpha value is -2.82. The van der Waals surface area contributed by atoms with Crippen molar-refractivity contribution in [3.63, 3.8) is 0 Å². The maximum Gasteiger partial charge on any atom is 0.338 e. The fraction of sp³-hybridized carbons (Fsp3) is 0.263. The number of aryl methyl sites for hydroxylation is 2. The molecule has 0 aromatic heterocycles. The van der Waals surface area contributed by atoms with E-state index in [0.717, 1.165) is 11.1 Å². The summed E-state index contributed by atoms with van der Waals surface area (Å²) >= 11 is 0. The number of ether oxygens (including phenoxy) is 2. The Labute approximate surface area is 141 Å². The van der Waals surface area contributed by atoms with Crippen molar-refractivity contribution in [3.8, 4) is 5.75 Å². The van der Waals surface area contributed by atoms with Crippen LogP contribution in [-0.2, 0) is 9.53 Å². The van der Waals surface area contributed by atoms with Crippen LogP contribution in [0.15, 0.2) is 42.5 Å². The van der Waals surface area contributed by atoms with E-state index in [-0.39, 0.29) is 6.61 Å². The average molecular weight is 327 g/mol. The van der Waals surface area contributed by atoms with Crippen molar-refractivity contribution in [3.05, 3.63) is 59.2 Å². The summed E-state index contributed by atoms with van der Waals surface area (Å²) < 4.78 is 10.5. The van der Waals surface area contributed by atoms with Crippen molar-refractivity contribution >= 4 is 17.6 Å². The molecule has 0 bridgehead atoms. The predicted octanol–water partition coefficient (Wildman–Crippen LogP) is 3.50. The molecule has 0 heterocycles. The second-order valence-electron chi connectivity index (χ2n) is 5.37. The molecule has 2 aromatic carbocycles. The van der Waals surface area contributed by atoms with Gasteiger partial charge in [0.1, 0.15) is 5.75 Å². The minimum absolute atomic E-state index is 0.355. The van der Waals surface area contributed by atoms with Crippen molar-refractivity contribution in [1.29, 1.82) is 0 Å². The molecule has 1 amide bonds. The van der Waals surface area contributed by atoms with Crippen LogP contribution in [0.4, 0.5) is 5.69 Å². The average Bonchev–Trinajstić information content (AvgIpc) is 2.55. The minimum atomic E-state index is -0.513. The smallest absolute Gasteiger partial charge is 0.338 e. The molecule has 0 fully saturated rings. The van der Waals surface area contributed by atoms with Gasteiger partial charge in [-0.2, -0.15) is 0 Å². The van der Waals surface area contributed by atoms with E-state index >= 15 is 0 Å². The van der Waals surface area contributed by atoms with E-state index in [1.54, 1.807) is 24.3 Å². The zero-order valence-corrected chi connectivity index (χ0v) is 14.1. The normalized spacial score (nSPS) is 10.1. The Kier molecular flexibility index (Phi) is 5.95. The van der Waals surface area contributed by atoms with Crippen LogP contribution in [0.5, 0.6) is 5.75 Å². The minimum Gasteiger partial charge on any atom is -0.492 e. The van der Waals surface area contributed by atoms with Crippen molar-refractivity contribution < 1.29 is 19.1 Å². The van der Waals surface area contributed by atoms with E-state index < -0.39 is 11.9 Å². The number of benzene rings is 2. The van der Waals surface area contributed by atoms with E-state index in [2.05, 4.69) is 5.32 Å². The van der Waals surface area contributed by atoms with Crippen LogP contribution >= 0.6 is 0 Å². The van der Waals surface area contributed by atoms with E-state index in [1.165, 1.54) is 0 Å². The van der Waals surface area contributed by atoms with Gasteiger partial charge in [0, 0.05) is 0 Å². The fourth-order valence-electron chi connectivity index (χ4n) is 2.29. The summed E-state index contributed by atoms with van der Waals surface area (Å²) in [5.74, 6) is -0.352. The van der Waals surface area contributed by atoms with Crippen LogP contribution in [0, 0.1) is 13.8 Å². The van der Waals surface area contributed by atoms with Gasteiger partial charge in [-0.25, -0.2) is 4.79 Å². The number of nitrogens with one attached hydrogen (secondary N) is 1. The van der Waals surface area contributed by atoms with Crippen molar-refractivity contribution in [2.24, 2.45) is 0 Å². The van der Waals surface area contributed by atoms with Crippen molar-refractivity contribution in [2.45, 2.75) is 20.8 Å². The van der Waals surface area contributed by atoms with E-state index in [0.29, 0.717) is 23.6 Å². The first-order valence-electron chi connectivity index (χ1n) is 7.77. The number of rotatable bonds is 6. The van der Waals surface area contributed by atoms with E-state index in [1.807, 2.05) is 39.0 Å². The van der Waals surface area contributed by atoms with Crippen LogP contribution in [0.2, 0.25) is 0 Å². The Bertz CT molecular complexity index is 740. The van der Waals surface area contributed by atoms with Gasteiger partial charge >= 0.3 is 5.97 Å². The van der Waals surface area contributed by atoms with Gasteiger partial charge in [-0.1, -0.05) is 29.8 Å². The first-order chi connectivity index (χ1) is 11.5. The molecule has 2 aromatic rings. The second-order valence-corrected chi connectivity index (χ2v) is 5.37. The van der Waals surface area contributed by atoms with Gasteiger partial charge in [0.25, 0.3) is 5.91 Å². The fourth-order valence-corrected chi connectivity index (χ4v) is 2.29. The number of hydrogen-bond donors (Lipinski definition) is 1. The zero-order chi connectivity index (χ0) is 17.5. The third kappa shape index (κ3) is 4.59. The number of anilines is 1. The quantitative estimate of drug-likeness (QED) is 0.825. The highest BCUT2D eigenvalue weighted by atomic mass is 16.5. The molecule has 5 nitrogen and oxygen atoms in total. The molecule has 0 radical (unpaired) electrons. The third-order valence-corrected chi connectivity index (χ3v) is 3.40. The lowest BCUT2D eigenvalue weighted by molar-refractivity contribution is -0.119. The van der Waals surface area contributed by atoms with Crippen LogP contribution in [0.3, 0.4) is 0 Å². The molecule has 24 heavy (non-hydrogen) atoms. The maximum absolute atomic E-state index is 12.1. The number of esters is 1. The van der Waals surface area contributed by atoms with Gasteiger partial charge in [0.2, 0.25) is 0 Å². The molecule has 0 atom stereocenters. The van der Waals surface area contributed by atoms with Crippen molar-refractivity contribution in [2.75, 3.05) is 18.5 Å². The number of para-hydroxylation sites is 2. The molecule has 0 aliphatic rings. The summed E-state index contributed by atoms with van der Waals surface area (Å²) in [6.45, 7) is 5.79. The lowest BCUT2D eigenvalue weighted by atomic mass is 10.1. The molecule has 0 unspecified atom stereocenters. The molecule has 0 aliphatic carbocycles. The van der Waals surface area contributed by atoms with Gasteiger partial charge in [-0.15, -0.1) is 0 Å². The molecule has 126 valence electrons. The van der Waals surface area contributed by atoms with Crippen LogP contribution in [-0.4, -0.2) is 25.1 Å². The molecular weight excluding hydrogens is 306 g/mol. The molecule has 0 aliphatic heterocycles. The van der Waals surface area contributed by atoms with Gasteiger partial charge in [-0.05, 0) is 44.5 Å². The van der Waals surface area contributed by atoms with Crippen LogP contribution < -0.4 is 10.1 Å². The third-order valence-electron chi connectivity index (χ3n) is 3.40. The SMILES string of the molecule is CCOc1ccccc1NC(=O)COC(=O)c1ccc(C)cc1C. The lowest BCUT2D eigenvalue weighted by Crippen LogP contribution is -2.21. The monoisotopic (exact) mass is 327 g/mol. The molecule has 1 N–H and O–H groups in total. The van der Waals surface area contributed by atoms with Gasteiger partial charge in [0.15, 0.2) is 6.61 Å². The van der Waals surface area contributed by atoms with Gasteiger partial charge in [0.05, 0.1) is 17.9 Å². The summed E-state index contributed by atoms with van der Waals surface area (Å²) in [6, 6.07) is 12.5. The topological polar surface area (TPSA) is 64.6 Å². The van der Waals surface area contributed by atoms with Crippen molar-refractivity contribution in [1.82, 2.24) is 0 Å². The van der Waals surface area contributed by atoms with Crippen LogP contribution in [0.25, 0.3) is 0 Å². The summed E-state index contributed by atoms with van der Waals surface area (Å²) in [4.78, 5) is 24.1. The van der Waals surface area contributed by atoms with Crippen LogP contribution in [0.1, 0.15) is 28.4 Å². The summed E-state index contributed by atoms with van der Waals surface area (Å²) in [6.07, 6.45) is 0. The Morgan fingerprint density at radius 2 is 1.83 bits per heavy atom. The second kappa shape index (κ2) is 8.15. The summed E-state index contributed by atoms with van der Waals surface area (Å²) in [5, 5.41) is 2.68.